The van der Waals surface area contributed by atoms with E-state index >= 15 is 0 Å². The molecular formula is C10H18BrNO2. The first-order valence-electron chi connectivity index (χ1n) is 5.27. The zero-order valence-corrected chi connectivity index (χ0v) is 10.3. The van der Waals surface area contributed by atoms with Crippen LogP contribution < -0.4 is 5.32 Å². The van der Waals surface area contributed by atoms with Gasteiger partial charge in [0, 0.05) is 6.04 Å². The average Bonchev–Trinajstić information content (AvgIpc) is 2.61. The second-order valence-electron chi connectivity index (χ2n) is 3.63. The molecule has 0 aromatic carbocycles. The largest absolute Gasteiger partial charge is 0.354 e. The molecule has 2 unspecified atom stereocenters. The highest BCUT2D eigenvalue weighted by Gasteiger charge is 2.29. The van der Waals surface area contributed by atoms with Gasteiger partial charge in [0.25, 0.3) is 0 Å². The van der Waals surface area contributed by atoms with Crippen molar-refractivity contribution in [3.8, 4) is 0 Å². The number of amides is 1. The number of halogens is 1. The monoisotopic (exact) mass is 263 g/mol. The quantitative estimate of drug-likeness (QED) is 0.790. The summed E-state index contributed by atoms with van der Waals surface area (Å²) < 4.78 is 5.42. The molecule has 1 amide bonds. The number of carbonyl (C=O) groups excluding carboxylic acids is 1. The number of hydrogen-bond acceptors (Lipinski definition) is 2. The lowest BCUT2D eigenvalue weighted by atomic mass is 10.1. The molecule has 0 spiro atoms. The van der Waals surface area contributed by atoms with Gasteiger partial charge in [0.15, 0.2) is 0 Å². The number of carbonyl (C=O) groups is 1. The number of ether oxygens (including phenoxy) is 1. The molecule has 4 heteroatoms. The van der Waals surface area contributed by atoms with Crippen molar-refractivity contribution in [2.24, 2.45) is 0 Å². The molecule has 1 fully saturated rings. The molecule has 0 saturated carbocycles. The van der Waals surface area contributed by atoms with Crippen molar-refractivity contribution < 1.29 is 9.53 Å². The molecule has 2 atom stereocenters. The first kappa shape index (κ1) is 12.0. The molecule has 0 bridgehead atoms. The van der Waals surface area contributed by atoms with Gasteiger partial charge in [0.05, 0.1) is 0 Å². The third-order valence-electron chi connectivity index (χ3n) is 2.59. The highest BCUT2D eigenvalue weighted by atomic mass is 79.9. The van der Waals surface area contributed by atoms with E-state index in [4.69, 9.17) is 4.74 Å². The van der Waals surface area contributed by atoms with E-state index in [1.165, 1.54) is 0 Å². The maximum atomic E-state index is 11.7. The lowest BCUT2D eigenvalue weighted by Crippen LogP contribution is -2.40. The van der Waals surface area contributed by atoms with Gasteiger partial charge in [-0.25, -0.2) is 0 Å². The number of alkyl halides is 1. The predicted octanol–water partition coefficient (Wildman–Crippen LogP) is 2.19. The van der Waals surface area contributed by atoms with E-state index in [0.717, 1.165) is 25.7 Å². The summed E-state index contributed by atoms with van der Waals surface area (Å²) in [6.45, 7) is 4.16. The van der Waals surface area contributed by atoms with Crippen LogP contribution >= 0.6 is 15.9 Å². The van der Waals surface area contributed by atoms with Crippen LogP contribution in [0, 0.1) is 0 Å². The fourth-order valence-electron chi connectivity index (χ4n) is 1.58. The van der Waals surface area contributed by atoms with Crippen LogP contribution in [0.2, 0.25) is 0 Å². The molecule has 1 aliphatic rings. The van der Waals surface area contributed by atoms with Crippen LogP contribution in [0.25, 0.3) is 0 Å². The van der Waals surface area contributed by atoms with Crippen LogP contribution in [0.4, 0.5) is 0 Å². The lowest BCUT2D eigenvalue weighted by Gasteiger charge is -2.17. The summed E-state index contributed by atoms with van der Waals surface area (Å²) in [7, 11) is 0. The first-order chi connectivity index (χ1) is 6.67. The average molecular weight is 264 g/mol. The van der Waals surface area contributed by atoms with Crippen molar-refractivity contribution in [1.82, 2.24) is 5.32 Å². The zero-order valence-electron chi connectivity index (χ0n) is 8.75. The van der Waals surface area contributed by atoms with E-state index in [0.29, 0.717) is 6.04 Å². The van der Waals surface area contributed by atoms with Crippen LogP contribution in [0.5, 0.6) is 0 Å². The van der Waals surface area contributed by atoms with Crippen LogP contribution in [-0.2, 0) is 9.53 Å². The van der Waals surface area contributed by atoms with Crippen molar-refractivity contribution >= 4 is 21.8 Å². The Labute approximate surface area is 93.7 Å². The number of nitrogens with one attached hydrogen (secondary N) is 1. The molecule has 0 radical (unpaired) electrons. The van der Waals surface area contributed by atoms with Gasteiger partial charge in [0.2, 0.25) is 5.91 Å². The van der Waals surface area contributed by atoms with Crippen molar-refractivity contribution in [2.75, 3.05) is 0 Å². The molecule has 0 aliphatic carbocycles. The van der Waals surface area contributed by atoms with E-state index in [-0.39, 0.29) is 17.0 Å². The van der Waals surface area contributed by atoms with E-state index in [1.807, 2.05) is 0 Å². The number of rotatable bonds is 4. The van der Waals surface area contributed by atoms with Crippen molar-refractivity contribution in [1.29, 1.82) is 0 Å². The van der Waals surface area contributed by atoms with Gasteiger partial charge in [-0.3, -0.25) is 4.79 Å². The van der Waals surface area contributed by atoms with Gasteiger partial charge in [-0.15, -0.1) is 0 Å². The minimum Gasteiger partial charge on any atom is -0.354 e. The molecule has 82 valence electrons. The zero-order chi connectivity index (χ0) is 10.6. The standard InChI is InChI=1S/C10H18BrNO2/c1-3-7(4-2)12-10(13)8-5-6-9(11)14-8/h7-9H,3-6H2,1-2H3,(H,12,13). The maximum Gasteiger partial charge on any atom is 0.249 e. The van der Waals surface area contributed by atoms with Crippen LogP contribution in [0.3, 0.4) is 0 Å². The smallest absolute Gasteiger partial charge is 0.249 e. The van der Waals surface area contributed by atoms with Crippen molar-refractivity contribution in [3.63, 3.8) is 0 Å². The van der Waals surface area contributed by atoms with Gasteiger partial charge < -0.3 is 10.1 Å². The molecule has 1 saturated heterocycles. The molecule has 1 heterocycles. The summed E-state index contributed by atoms with van der Waals surface area (Å²) in [5.74, 6) is 0.0423. The Morgan fingerprint density at radius 2 is 2.14 bits per heavy atom. The van der Waals surface area contributed by atoms with Gasteiger partial charge in [-0.05, 0) is 25.7 Å². The fraction of sp³-hybridized carbons (Fsp3) is 0.900. The Hall–Kier alpha value is -0.0900. The molecule has 3 nitrogen and oxygen atoms in total. The predicted molar refractivity (Wildman–Crippen MR) is 59.3 cm³/mol. The minimum absolute atomic E-state index is 0.0423. The second-order valence-corrected chi connectivity index (χ2v) is 4.66. The topological polar surface area (TPSA) is 38.3 Å². The Balaban J connectivity index is 2.34. The van der Waals surface area contributed by atoms with Crippen molar-refractivity contribution in [2.45, 2.75) is 56.7 Å². The Morgan fingerprint density at radius 3 is 2.57 bits per heavy atom. The normalized spacial score (nSPS) is 26.9. The van der Waals surface area contributed by atoms with Crippen LogP contribution in [0.1, 0.15) is 39.5 Å². The van der Waals surface area contributed by atoms with Crippen LogP contribution in [0.15, 0.2) is 0 Å². The lowest BCUT2D eigenvalue weighted by molar-refractivity contribution is -0.131. The summed E-state index contributed by atoms with van der Waals surface area (Å²) in [6.07, 6.45) is 3.45. The van der Waals surface area contributed by atoms with Gasteiger partial charge in [-0.2, -0.15) is 0 Å². The second kappa shape index (κ2) is 5.71. The third kappa shape index (κ3) is 3.24. The summed E-state index contributed by atoms with van der Waals surface area (Å²) in [5.41, 5.74) is 0. The van der Waals surface area contributed by atoms with Crippen LogP contribution in [-0.4, -0.2) is 23.1 Å². The maximum absolute atomic E-state index is 11.7. The molecule has 1 aliphatic heterocycles. The van der Waals surface area contributed by atoms with E-state index in [2.05, 4.69) is 35.1 Å². The summed E-state index contributed by atoms with van der Waals surface area (Å²) in [4.78, 5) is 11.7. The Kier molecular flexibility index (Phi) is 4.89. The highest BCUT2D eigenvalue weighted by Crippen LogP contribution is 2.23. The highest BCUT2D eigenvalue weighted by molar-refractivity contribution is 9.09. The molecule has 0 aromatic rings. The molecular weight excluding hydrogens is 246 g/mol. The summed E-state index contributed by atoms with van der Waals surface area (Å²) in [6, 6.07) is 0.292. The van der Waals surface area contributed by atoms with E-state index < -0.39 is 0 Å². The Bertz CT molecular complexity index is 195. The first-order valence-corrected chi connectivity index (χ1v) is 6.18. The molecule has 0 aromatic heterocycles. The minimum atomic E-state index is -0.250. The van der Waals surface area contributed by atoms with E-state index in [9.17, 15) is 4.79 Å². The summed E-state index contributed by atoms with van der Waals surface area (Å²) >= 11 is 3.35. The van der Waals surface area contributed by atoms with Gasteiger partial charge in [-0.1, -0.05) is 29.8 Å². The number of hydrogen-bond donors (Lipinski definition) is 1. The molecule has 14 heavy (non-hydrogen) atoms. The fourth-order valence-corrected chi connectivity index (χ4v) is 2.10. The van der Waals surface area contributed by atoms with Crippen molar-refractivity contribution in [3.05, 3.63) is 0 Å². The summed E-state index contributed by atoms with van der Waals surface area (Å²) in [5, 5.41) is 3.05. The Morgan fingerprint density at radius 1 is 1.50 bits per heavy atom. The third-order valence-corrected chi connectivity index (χ3v) is 3.27. The molecule has 1 N–H and O–H groups in total. The van der Waals surface area contributed by atoms with Gasteiger partial charge in [0.1, 0.15) is 11.1 Å². The van der Waals surface area contributed by atoms with E-state index in [1.54, 1.807) is 0 Å². The SMILES string of the molecule is CCC(CC)NC(=O)C1CCC(Br)O1. The molecule has 1 rings (SSSR count). The van der Waals surface area contributed by atoms with Gasteiger partial charge >= 0.3 is 0 Å².